The Morgan fingerprint density at radius 3 is 2.00 bits per heavy atom. The van der Waals surface area contributed by atoms with Crippen LogP contribution in [0.3, 0.4) is 0 Å². The summed E-state index contributed by atoms with van der Waals surface area (Å²) in [6.45, 7) is 2.22. The summed E-state index contributed by atoms with van der Waals surface area (Å²) in [5.74, 6) is 0. The van der Waals surface area contributed by atoms with E-state index in [2.05, 4.69) is 53.4 Å². The molecule has 0 N–H and O–H groups in total. The molecule has 0 atom stereocenters. The van der Waals surface area contributed by atoms with Gasteiger partial charge in [-0.1, -0.05) is 19.8 Å². The lowest BCUT2D eigenvalue weighted by Crippen LogP contribution is -1.78. The van der Waals surface area contributed by atoms with E-state index >= 15 is 0 Å². The molecule has 0 spiro atoms. The van der Waals surface area contributed by atoms with E-state index in [0.29, 0.717) is 0 Å². The van der Waals surface area contributed by atoms with Gasteiger partial charge in [0, 0.05) is 0 Å². The summed E-state index contributed by atoms with van der Waals surface area (Å²) in [5.41, 5.74) is 0. The molecule has 0 heterocycles. The molecule has 0 saturated heterocycles. The van der Waals surface area contributed by atoms with Crippen molar-refractivity contribution in [3.8, 4) is 0 Å². The van der Waals surface area contributed by atoms with E-state index in [0.717, 1.165) is 0 Å². The van der Waals surface area contributed by atoms with Gasteiger partial charge in [-0.3, -0.25) is 0 Å². The summed E-state index contributed by atoms with van der Waals surface area (Å²) >= 11 is 10.7. The minimum absolute atomic E-state index is 1.01. The molecule has 0 aromatic rings. The van der Waals surface area contributed by atoms with Crippen molar-refractivity contribution < 1.29 is 0 Å². The van der Waals surface area contributed by atoms with Crippen LogP contribution < -0.4 is 0 Å². The molecule has 0 unspecified atom stereocenters. The average molecular weight is 342 g/mol. The van der Waals surface area contributed by atoms with Gasteiger partial charge in [0.05, 0.1) is 6.16 Å². The molecule has 0 amide bonds. The summed E-state index contributed by atoms with van der Waals surface area (Å²) in [6, 6.07) is 0. The summed E-state index contributed by atoms with van der Waals surface area (Å²) in [5, 5.41) is 0. The number of unbranched alkanes of at least 4 members (excludes halogenated alkanes) is 2. The molecule has 0 aliphatic rings. The van der Waals surface area contributed by atoms with Crippen LogP contribution in [0.15, 0.2) is 0 Å². The normalized spacial score (nSPS) is 12.0. The van der Waals surface area contributed by atoms with Crippen LogP contribution in [0, 0.1) is 0 Å². The Morgan fingerprint density at radius 1 is 1.11 bits per heavy atom. The molecule has 0 aromatic heterocycles. The molecule has 0 saturated carbocycles. The minimum Gasteiger partial charge on any atom is -0.0654 e. The fourth-order valence-corrected chi connectivity index (χ4v) is 3.38. The van der Waals surface area contributed by atoms with Crippen molar-refractivity contribution in [1.82, 2.24) is 0 Å². The van der Waals surface area contributed by atoms with Crippen molar-refractivity contribution in [1.29, 1.82) is 0 Å². The third kappa shape index (κ3) is 9.87. The van der Waals surface area contributed by atoms with Crippen LogP contribution in [-0.4, -0.2) is 6.16 Å². The Kier molecular flexibility index (Phi) is 6.66. The number of rotatable bonds is 4. The number of halogens is 3. The molecular weight excluding hydrogens is 331 g/mol. The van der Waals surface area contributed by atoms with Crippen LogP contribution in [-0.2, 0) is 0 Å². The molecule has 0 radical (unpaired) electrons. The average Bonchev–Trinajstić information content (AvgIpc) is 1.63. The summed E-state index contributed by atoms with van der Waals surface area (Å²) < 4.78 is -1.01. The number of hydrogen-bond acceptors (Lipinski definition) is 0. The quantitative estimate of drug-likeness (QED) is 0.491. The van der Waals surface area contributed by atoms with Crippen molar-refractivity contribution in [3.05, 3.63) is 0 Å². The highest BCUT2D eigenvalue weighted by molar-refractivity contribution is 9.96. The molecule has 0 bridgehead atoms. The Labute approximate surface area is 81.7 Å². The second kappa shape index (κ2) is 5.51. The molecule has 0 aliphatic carbocycles. The van der Waals surface area contributed by atoms with Gasteiger partial charge < -0.3 is 0 Å². The lowest BCUT2D eigenvalue weighted by Gasteiger charge is -1.99. The van der Waals surface area contributed by atoms with Gasteiger partial charge in [-0.15, -0.1) is 0 Å². The van der Waals surface area contributed by atoms with Crippen LogP contribution in [0.4, 0.5) is 0 Å². The van der Waals surface area contributed by atoms with Gasteiger partial charge in [0.25, 0.3) is 0 Å². The van der Waals surface area contributed by atoms with Gasteiger partial charge in [-0.05, 0) is 6.42 Å². The zero-order valence-electron chi connectivity index (χ0n) is 5.41. The van der Waals surface area contributed by atoms with E-state index < -0.39 is 3.37 Å². The van der Waals surface area contributed by atoms with E-state index in [1.54, 1.807) is 0 Å². The summed E-state index contributed by atoms with van der Waals surface area (Å²) in [6.07, 6.45) is 5.18. The van der Waals surface area contributed by atoms with Crippen LogP contribution in [0.5, 0.6) is 0 Å². The van der Waals surface area contributed by atoms with Crippen molar-refractivity contribution >= 4 is 49.8 Å². The van der Waals surface area contributed by atoms with E-state index in [9.17, 15) is 0 Å². The van der Waals surface area contributed by atoms with E-state index in [-0.39, 0.29) is 0 Å². The zero-order valence-corrected chi connectivity index (χ0v) is 11.1. The van der Waals surface area contributed by atoms with E-state index in [4.69, 9.17) is 0 Å². The highest BCUT2D eigenvalue weighted by atomic mass is 80.0. The zero-order chi connectivity index (χ0) is 7.33. The highest BCUT2D eigenvalue weighted by Crippen LogP contribution is 2.80. The Morgan fingerprint density at radius 2 is 1.67 bits per heavy atom. The highest BCUT2D eigenvalue weighted by Gasteiger charge is 2.27. The van der Waals surface area contributed by atoms with Crippen molar-refractivity contribution in [2.24, 2.45) is 0 Å². The number of hydrogen-bond donors (Lipinski definition) is 0. The molecule has 0 nitrogen and oxygen atoms in total. The van der Waals surface area contributed by atoms with Crippen LogP contribution in [0.1, 0.15) is 26.2 Å². The molecule has 0 aromatic carbocycles. The molecule has 56 valence electrons. The largest absolute Gasteiger partial charge is 0.221 e. The smallest absolute Gasteiger partial charge is 0.0654 e. The fourth-order valence-electron chi connectivity index (χ4n) is 0.541. The van der Waals surface area contributed by atoms with Crippen molar-refractivity contribution in [2.75, 3.05) is 6.16 Å². The fraction of sp³-hybridized carbons (Fsp3) is 1.00. The lowest BCUT2D eigenvalue weighted by molar-refractivity contribution is 0.778. The lowest BCUT2D eigenvalue weighted by atomic mass is 10.3. The first kappa shape index (κ1) is 10.9. The van der Waals surface area contributed by atoms with Crippen molar-refractivity contribution in [2.45, 2.75) is 26.2 Å². The topological polar surface area (TPSA) is 0 Å². The molecule has 0 rings (SSSR count). The SMILES string of the molecule is CCCCC[P+](Br)(Br)Br. The molecule has 9 heavy (non-hydrogen) atoms. The van der Waals surface area contributed by atoms with E-state index in [1.807, 2.05) is 0 Å². The predicted molar refractivity (Wildman–Crippen MR) is 58.1 cm³/mol. The second-order valence-electron chi connectivity index (χ2n) is 1.98. The van der Waals surface area contributed by atoms with Gasteiger partial charge in [-0.25, -0.2) is 0 Å². The first-order valence-corrected chi connectivity index (χ1v) is 11.1. The molecular formula is C5H11Br3P+. The first-order valence-electron chi connectivity index (χ1n) is 3.03. The molecule has 0 aliphatic heterocycles. The first-order chi connectivity index (χ1) is 4.06. The standard InChI is InChI=1S/C5H11Br3P/c1-2-3-4-5-9(6,7)8/h2-5H2,1H3/q+1. The van der Waals surface area contributed by atoms with Gasteiger partial charge in [0.1, 0.15) is 0 Å². The summed E-state index contributed by atoms with van der Waals surface area (Å²) in [4.78, 5) is 0. The molecule has 4 heteroatoms. The van der Waals surface area contributed by atoms with Gasteiger partial charge in [0.15, 0.2) is 46.5 Å². The monoisotopic (exact) mass is 339 g/mol. The van der Waals surface area contributed by atoms with Crippen molar-refractivity contribution in [3.63, 3.8) is 0 Å². The van der Waals surface area contributed by atoms with Crippen LogP contribution in [0.25, 0.3) is 0 Å². The Hall–Kier alpha value is 1.87. The summed E-state index contributed by atoms with van der Waals surface area (Å²) in [7, 11) is 0. The third-order valence-corrected chi connectivity index (χ3v) is 5.03. The third-order valence-electron chi connectivity index (χ3n) is 1.02. The van der Waals surface area contributed by atoms with Crippen LogP contribution >= 0.6 is 49.8 Å². The molecule has 0 fully saturated rings. The van der Waals surface area contributed by atoms with E-state index in [1.165, 1.54) is 25.4 Å². The minimum atomic E-state index is -1.01. The van der Waals surface area contributed by atoms with Crippen LogP contribution in [0.2, 0.25) is 0 Å². The maximum absolute atomic E-state index is 3.55. The Bertz CT molecular complexity index is 69.1. The van der Waals surface area contributed by atoms with Gasteiger partial charge >= 0.3 is 0 Å². The van der Waals surface area contributed by atoms with Gasteiger partial charge in [-0.2, -0.15) is 0 Å². The predicted octanol–water partition coefficient (Wildman–Crippen LogP) is 5.12. The van der Waals surface area contributed by atoms with Gasteiger partial charge in [0.2, 0.25) is 3.37 Å². The maximum atomic E-state index is 3.55. The second-order valence-corrected chi connectivity index (χ2v) is 23.0. The Balaban J connectivity index is 3.07. The maximum Gasteiger partial charge on any atom is 0.221 e.